The van der Waals surface area contributed by atoms with E-state index in [0.29, 0.717) is 0 Å². The van der Waals surface area contributed by atoms with E-state index in [4.69, 9.17) is 0 Å². The first-order valence-electron chi connectivity index (χ1n) is 5.03. The zero-order valence-electron chi connectivity index (χ0n) is 8.83. The number of nitrogens with zero attached hydrogens (tertiary/aromatic N) is 1. The summed E-state index contributed by atoms with van der Waals surface area (Å²) in [4.78, 5) is 0. The normalized spacial score (nSPS) is 11.6. The third-order valence-corrected chi connectivity index (χ3v) is 2.46. The second kappa shape index (κ2) is 6.26. The predicted octanol–water partition coefficient (Wildman–Crippen LogP) is -1.44. The number of benzene rings is 1. The second-order valence-electron chi connectivity index (χ2n) is 3.43. The first-order valence-corrected chi connectivity index (χ1v) is 5.03. The fourth-order valence-electron chi connectivity index (χ4n) is 1.67. The van der Waals surface area contributed by atoms with Crippen LogP contribution in [0.15, 0.2) is 60.9 Å². The van der Waals surface area contributed by atoms with Crippen LogP contribution in [0.2, 0.25) is 0 Å². The van der Waals surface area contributed by atoms with E-state index in [1.807, 2.05) is 65.5 Å². The molecule has 1 atom stereocenters. The number of pyridine rings is 1. The van der Waals surface area contributed by atoms with Crippen molar-refractivity contribution < 1.29 is 22.1 Å². The largest absolute Gasteiger partial charge is 1.00 e. The molecule has 16 heavy (non-hydrogen) atoms. The molecule has 0 bridgehead atoms. The molecule has 3 heteroatoms. The minimum atomic E-state index is 0. The van der Waals surface area contributed by atoms with Crippen molar-refractivity contribution in [2.75, 3.05) is 6.61 Å². The molecule has 1 N–H and O–H groups in total. The summed E-state index contributed by atoms with van der Waals surface area (Å²) in [6.07, 6.45) is 3.93. The second-order valence-corrected chi connectivity index (χ2v) is 3.43. The minimum absolute atomic E-state index is 0. The van der Waals surface area contributed by atoms with Gasteiger partial charge >= 0.3 is 0 Å². The molecule has 2 aromatic rings. The summed E-state index contributed by atoms with van der Waals surface area (Å²) in [5.41, 5.74) is 1.12. The number of aliphatic hydroxyl groups excluding tert-OH is 1. The van der Waals surface area contributed by atoms with Gasteiger partial charge in [0.15, 0.2) is 12.4 Å². The summed E-state index contributed by atoms with van der Waals surface area (Å²) in [5, 5.41) is 9.41. The number of aromatic nitrogens is 1. The number of rotatable bonds is 3. The lowest BCUT2D eigenvalue weighted by molar-refractivity contribution is -0.715. The monoisotopic (exact) mass is 235 g/mol. The standard InChI is InChI=1S/C13H14NO.ClH/c15-11-13(12-7-3-1-4-8-12)14-9-5-2-6-10-14;/h1-10,13,15H,11H2;1H/q+1;/p-1/t13-;/m0./s1. The molecule has 84 valence electrons. The molecule has 0 spiro atoms. The summed E-state index contributed by atoms with van der Waals surface area (Å²) in [7, 11) is 0. The zero-order valence-corrected chi connectivity index (χ0v) is 9.59. The third-order valence-electron chi connectivity index (χ3n) is 2.46. The Labute approximate surface area is 102 Å². The first-order chi connectivity index (χ1) is 7.42. The van der Waals surface area contributed by atoms with E-state index in [1.54, 1.807) is 0 Å². The van der Waals surface area contributed by atoms with Crippen LogP contribution >= 0.6 is 0 Å². The van der Waals surface area contributed by atoms with Gasteiger partial charge in [-0.05, 0) is 0 Å². The van der Waals surface area contributed by atoms with Gasteiger partial charge in [0.25, 0.3) is 0 Å². The molecule has 0 aliphatic heterocycles. The summed E-state index contributed by atoms with van der Waals surface area (Å²) in [5.74, 6) is 0. The smallest absolute Gasteiger partial charge is 0.206 e. The molecular formula is C13H14ClNO. The van der Waals surface area contributed by atoms with Crippen molar-refractivity contribution in [3.8, 4) is 0 Å². The lowest BCUT2D eigenvalue weighted by Crippen LogP contribution is -3.00. The summed E-state index contributed by atoms with van der Waals surface area (Å²) >= 11 is 0. The molecule has 2 nitrogen and oxygen atoms in total. The van der Waals surface area contributed by atoms with Crippen molar-refractivity contribution >= 4 is 0 Å². The molecule has 0 aliphatic carbocycles. The van der Waals surface area contributed by atoms with Crippen LogP contribution in [-0.2, 0) is 0 Å². The topological polar surface area (TPSA) is 24.1 Å². The van der Waals surface area contributed by atoms with Gasteiger partial charge in [-0.25, -0.2) is 0 Å². The highest BCUT2D eigenvalue weighted by atomic mass is 35.5. The molecule has 0 fully saturated rings. The number of aliphatic hydroxyl groups is 1. The number of hydrogen-bond acceptors (Lipinski definition) is 1. The SMILES string of the molecule is OC[C@@H](c1ccccc1)[n+]1ccccc1.[Cl-]. The van der Waals surface area contributed by atoms with Gasteiger partial charge in [0.05, 0.1) is 0 Å². The maximum Gasteiger partial charge on any atom is 0.206 e. The molecule has 0 radical (unpaired) electrons. The highest BCUT2D eigenvalue weighted by Crippen LogP contribution is 2.10. The predicted molar refractivity (Wildman–Crippen MR) is 58.3 cm³/mol. The summed E-state index contributed by atoms with van der Waals surface area (Å²) in [6, 6.07) is 15.9. The Kier molecular flexibility index (Phi) is 4.96. The molecule has 2 rings (SSSR count). The van der Waals surface area contributed by atoms with E-state index in [1.165, 1.54) is 0 Å². The van der Waals surface area contributed by atoms with Crippen LogP contribution in [0.25, 0.3) is 0 Å². The quantitative estimate of drug-likeness (QED) is 0.648. The van der Waals surface area contributed by atoms with Crippen molar-refractivity contribution in [3.63, 3.8) is 0 Å². The molecule has 1 aromatic heterocycles. The van der Waals surface area contributed by atoms with Crippen molar-refractivity contribution in [2.45, 2.75) is 6.04 Å². The first kappa shape index (κ1) is 12.7. The van der Waals surface area contributed by atoms with E-state index in [-0.39, 0.29) is 25.1 Å². The Bertz CT molecular complexity index is 365. The van der Waals surface area contributed by atoms with Gasteiger partial charge < -0.3 is 17.5 Å². The molecule has 0 unspecified atom stereocenters. The van der Waals surface area contributed by atoms with Gasteiger partial charge in [0.2, 0.25) is 6.04 Å². The third kappa shape index (κ3) is 2.81. The Morgan fingerprint density at radius 1 is 0.938 bits per heavy atom. The van der Waals surface area contributed by atoms with Crippen LogP contribution in [0.1, 0.15) is 11.6 Å². The maximum absolute atomic E-state index is 9.41. The molecule has 0 aliphatic rings. The highest BCUT2D eigenvalue weighted by Gasteiger charge is 2.18. The number of halogens is 1. The van der Waals surface area contributed by atoms with E-state index < -0.39 is 0 Å². The van der Waals surface area contributed by atoms with Crippen LogP contribution < -0.4 is 17.0 Å². The van der Waals surface area contributed by atoms with E-state index in [0.717, 1.165) is 5.56 Å². The van der Waals surface area contributed by atoms with Gasteiger partial charge in [-0.1, -0.05) is 36.4 Å². The van der Waals surface area contributed by atoms with Gasteiger partial charge in [-0.3, -0.25) is 0 Å². The molecule has 0 amide bonds. The van der Waals surface area contributed by atoms with Crippen molar-refractivity contribution in [2.24, 2.45) is 0 Å². The molecule has 0 saturated heterocycles. The van der Waals surface area contributed by atoms with E-state index >= 15 is 0 Å². The minimum Gasteiger partial charge on any atom is -1.00 e. The van der Waals surface area contributed by atoms with Gasteiger partial charge in [0, 0.05) is 17.7 Å². The lowest BCUT2D eigenvalue weighted by Gasteiger charge is -2.09. The number of hydrogen-bond donors (Lipinski definition) is 1. The van der Waals surface area contributed by atoms with Gasteiger partial charge in [-0.15, -0.1) is 0 Å². The molecule has 1 aromatic carbocycles. The van der Waals surface area contributed by atoms with E-state index in [9.17, 15) is 5.11 Å². The van der Waals surface area contributed by atoms with Crippen molar-refractivity contribution in [3.05, 3.63) is 66.5 Å². The Balaban J connectivity index is 0.00000128. The van der Waals surface area contributed by atoms with Crippen molar-refractivity contribution in [1.29, 1.82) is 0 Å². The maximum atomic E-state index is 9.41. The van der Waals surface area contributed by atoms with E-state index in [2.05, 4.69) is 0 Å². The van der Waals surface area contributed by atoms with Crippen LogP contribution in [0, 0.1) is 0 Å². The average Bonchev–Trinajstić information content (AvgIpc) is 2.33. The van der Waals surface area contributed by atoms with Gasteiger partial charge in [0.1, 0.15) is 6.61 Å². The highest BCUT2D eigenvalue weighted by molar-refractivity contribution is 5.17. The fourth-order valence-corrected chi connectivity index (χ4v) is 1.67. The van der Waals surface area contributed by atoms with Crippen molar-refractivity contribution in [1.82, 2.24) is 0 Å². The molecular weight excluding hydrogens is 222 g/mol. The summed E-state index contributed by atoms with van der Waals surface area (Å²) < 4.78 is 2.01. The fraction of sp³-hybridized carbons (Fsp3) is 0.154. The van der Waals surface area contributed by atoms with Crippen LogP contribution in [0.4, 0.5) is 0 Å². The van der Waals surface area contributed by atoms with Gasteiger partial charge in [-0.2, -0.15) is 4.57 Å². The zero-order chi connectivity index (χ0) is 10.5. The van der Waals surface area contributed by atoms with Crippen LogP contribution in [0.5, 0.6) is 0 Å². The molecule has 0 saturated carbocycles. The molecule has 1 heterocycles. The Hall–Kier alpha value is -1.38. The summed E-state index contributed by atoms with van der Waals surface area (Å²) in [6.45, 7) is 0.110. The average molecular weight is 236 g/mol. The Morgan fingerprint density at radius 2 is 1.50 bits per heavy atom. The van der Waals surface area contributed by atoms with Crippen LogP contribution in [0.3, 0.4) is 0 Å². The van der Waals surface area contributed by atoms with Crippen LogP contribution in [-0.4, -0.2) is 11.7 Å². The lowest BCUT2D eigenvalue weighted by atomic mass is 10.1. The Morgan fingerprint density at radius 3 is 2.06 bits per heavy atom.